The van der Waals surface area contributed by atoms with Crippen molar-refractivity contribution in [2.75, 3.05) is 6.26 Å². The number of urea groups is 1. The van der Waals surface area contributed by atoms with Gasteiger partial charge in [-0.15, -0.1) is 0 Å². The standard InChI is InChI=1S/C19H24N2O2S/c1-13-6-5-7-18(14(13)2)15(3)21-19(22)20-12-16-8-10-17(11-9-16)24(4)23/h5-11,15H,12H2,1-4H3,(H2,20,21,22)/t15-,24-/m1/s1. The van der Waals surface area contributed by atoms with Crippen molar-refractivity contribution in [3.8, 4) is 0 Å². The molecule has 0 aliphatic heterocycles. The van der Waals surface area contributed by atoms with Crippen LogP contribution in [-0.4, -0.2) is 16.5 Å². The van der Waals surface area contributed by atoms with Crippen LogP contribution in [0.4, 0.5) is 4.79 Å². The van der Waals surface area contributed by atoms with Crippen LogP contribution in [0.5, 0.6) is 0 Å². The number of rotatable bonds is 5. The van der Waals surface area contributed by atoms with E-state index < -0.39 is 10.8 Å². The molecule has 2 atom stereocenters. The molecule has 2 aromatic rings. The Kier molecular flexibility index (Phi) is 6.15. The van der Waals surface area contributed by atoms with Crippen molar-refractivity contribution in [1.29, 1.82) is 0 Å². The monoisotopic (exact) mass is 344 g/mol. The molecule has 128 valence electrons. The largest absolute Gasteiger partial charge is 0.334 e. The summed E-state index contributed by atoms with van der Waals surface area (Å²) in [4.78, 5) is 12.9. The summed E-state index contributed by atoms with van der Waals surface area (Å²) in [6.07, 6.45) is 1.65. The molecule has 0 aliphatic carbocycles. The second kappa shape index (κ2) is 8.11. The van der Waals surface area contributed by atoms with Gasteiger partial charge in [0, 0.05) is 28.5 Å². The van der Waals surface area contributed by atoms with Crippen molar-refractivity contribution >= 4 is 16.8 Å². The maximum absolute atomic E-state index is 12.1. The first kappa shape index (κ1) is 18.2. The van der Waals surface area contributed by atoms with E-state index in [9.17, 15) is 9.00 Å². The van der Waals surface area contributed by atoms with Crippen LogP contribution in [0.3, 0.4) is 0 Å². The quantitative estimate of drug-likeness (QED) is 0.871. The number of amides is 2. The fourth-order valence-electron chi connectivity index (χ4n) is 2.55. The minimum Gasteiger partial charge on any atom is -0.334 e. The molecule has 0 aliphatic rings. The Morgan fingerprint density at radius 2 is 1.79 bits per heavy atom. The lowest BCUT2D eigenvalue weighted by Gasteiger charge is -2.18. The van der Waals surface area contributed by atoms with Crippen LogP contribution in [0.1, 0.15) is 35.2 Å². The topological polar surface area (TPSA) is 58.2 Å². The Morgan fingerprint density at radius 3 is 2.42 bits per heavy atom. The molecule has 0 saturated carbocycles. The van der Waals surface area contributed by atoms with E-state index in [0.717, 1.165) is 16.0 Å². The maximum Gasteiger partial charge on any atom is 0.315 e. The van der Waals surface area contributed by atoms with Gasteiger partial charge in [-0.1, -0.05) is 30.3 Å². The highest BCUT2D eigenvalue weighted by atomic mass is 32.2. The van der Waals surface area contributed by atoms with E-state index in [4.69, 9.17) is 0 Å². The summed E-state index contributed by atoms with van der Waals surface area (Å²) in [7, 11) is -0.983. The first-order chi connectivity index (χ1) is 11.4. The maximum atomic E-state index is 12.1. The molecule has 5 heteroatoms. The van der Waals surface area contributed by atoms with Crippen molar-refractivity contribution in [3.05, 3.63) is 64.7 Å². The van der Waals surface area contributed by atoms with Crippen molar-refractivity contribution in [3.63, 3.8) is 0 Å². The predicted molar refractivity (Wildman–Crippen MR) is 98.5 cm³/mol. The number of hydrogen-bond acceptors (Lipinski definition) is 2. The second-order valence-electron chi connectivity index (χ2n) is 5.94. The first-order valence-corrected chi connectivity index (χ1v) is 9.47. The fourth-order valence-corrected chi connectivity index (χ4v) is 3.07. The minimum absolute atomic E-state index is 0.0604. The molecule has 0 unspecified atom stereocenters. The van der Waals surface area contributed by atoms with E-state index >= 15 is 0 Å². The van der Waals surface area contributed by atoms with Gasteiger partial charge < -0.3 is 10.6 Å². The Bertz CT molecular complexity index is 742. The second-order valence-corrected chi connectivity index (χ2v) is 7.32. The Balaban J connectivity index is 1.91. The summed E-state index contributed by atoms with van der Waals surface area (Å²) >= 11 is 0. The zero-order valence-corrected chi connectivity index (χ0v) is 15.4. The molecule has 2 aromatic carbocycles. The van der Waals surface area contributed by atoms with Gasteiger partial charge in [0.2, 0.25) is 0 Å². The van der Waals surface area contributed by atoms with Crippen LogP contribution in [0.25, 0.3) is 0 Å². The van der Waals surface area contributed by atoms with E-state index in [1.165, 1.54) is 11.1 Å². The average molecular weight is 344 g/mol. The summed E-state index contributed by atoms with van der Waals surface area (Å²) in [5, 5.41) is 5.82. The molecule has 2 N–H and O–H groups in total. The zero-order valence-electron chi connectivity index (χ0n) is 14.6. The normalized spacial score (nSPS) is 13.2. The molecule has 24 heavy (non-hydrogen) atoms. The number of nitrogens with one attached hydrogen (secondary N) is 2. The van der Waals surface area contributed by atoms with Gasteiger partial charge in [-0.3, -0.25) is 4.21 Å². The molecule has 0 bridgehead atoms. The Morgan fingerprint density at radius 1 is 1.12 bits per heavy atom. The molecule has 0 heterocycles. The summed E-state index contributed by atoms with van der Waals surface area (Å²) in [5.41, 5.74) is 4.52. The molecular weight excluding hydrogens is 320 g/mol. The third-order valence-electron chi connectivity index (χ3n) is 4.17. The molecule has 2 amide bonds. The van der Waals surface area contributed by atoms with Gasteiger partial charge in [0.05, 0.1) is 6.04 Å². The van der Waals surface area contributed by atoms with E-state index in [1.54, 1.807) is 6.26 Å². The van der Waals surface area contributed by atoms with Gasteiger partial charge in [0.15, 0.2) is 0 Å². The summed E-state index contributed by atoms with van der Waals surface area (Å²) < 4.78 is 11.4. The van der Waals surface area contributed by atoms with Gasteiger partial charge in [-0.25, -0.2) is 4.79 Å². The van der Waals surface area contributed by atoms with Gasteiger partial charge in [0.25, 0.3) is 0 Å². The van der Waals surface area contributed by atoms with Crippen LogP contribution in [0.2, 0.25) is 0 Å². The van der Waals surface area contributed by atoms with E-state index in [0.29, 0.717) is 6.54 Å². The lowest BCUT2D eigenvalue weighted by Crippen LogP contribution is -2.36. The summed E-state index contributed by atoms with van der Waals surface area (Å²) in [5.74, 6) is 0. The highest BCUT2D eigenvalue weighted by molar-refractivity contribution is 7.84. The number of aryl methyl sites for hydroxylation is 1. The molecule has 0 aromatic heterocycles. The third-order valence-corrected chi connectivity index (χ3v) is 5.11. The van der Waals surface area contributed by atoms with Crippen LogP contribution >= 0.6 is 0 Å². The highest BCUT2D eigenvalue weighted by Crippen LogP contribution is 2.19. The number of hydrogen-bond donors (Lipinski definition) is 2. The minimum atomic E-state index is -0.983. The lowest BCUT2D eigenvalue weighted by atomic mass is 9.98. The molecule has 0 spiro atoms. The van der Waals surface area contributed by atoms with Crippen LogP contribution in [-0.2, 0) is 17.3 Å². The zero-order chi connectivity index (χ0) is 17.7. The van der Waals surface area contributed by atoms with Gasteiger partial charge in [-0.2, -0.15) is 0 Å². The SMILES string of the molecule is Cc1cccc([C@@H](C)NC(=O)NCc2ccc([S@@](C)=O)cc2)c1C. The molecule has 0 fully saturated rings. The molecule has 0 saturated heterocycles. The van der Waals surface area contributed by atoms with Crippen LogP contribution in [0.15, 0.2) is 47.4 Å². The smallest absolute Gasteiger partial charge is 0.315 e. The van der Waals surface area contributed by atoms with E-state index in [2.05, 4.69) is 30.5 Å². The van der Waals surface area contributed by atoms with Crippen LogP contribution < -0.4 is 10.6 Å². The molecule has 4 nitrogen and oxygen atoms in total. The number of carbonyl (C=O) groups is 1. The van der Waals surface area contributed by atoms with E-state index in [1.807, 2.05) is 43.3 Å². The van der Waals surface area contributed by atoms with Crippen LogP contribution in [0, 0.1) is 13.8 Å². The van der Waals surface area contributed by atoms with Crippen molar-refractivity contribution < 1.29 is 9.00 Å². The first-order valence-electron chi connectivity index (χ1n) is 7.91. The third kappa shape index (κ3) is 4.68. The van der Waals surface area contributed by atoms with Crippen molar-refractivity contribution in [2.24, 2.45) is 0 Å². The predicted octanol–water partition coefficient (Wildman–Crippen LogP) is 3.60. The number of carbonyl (C=O) groups excluding carboxylic acids is 1. The van der Waals surface area contributed by atoms with Crippen molar-refractivity contribution in [1.82, 2.24) is 10.6 Å². The molecule has 0 radical (unpaired) electrons. The molecule has 2 rings (SSSR count). The lowest BCUT2D eigenvalue weighted by molar-refractivity contribution is 0.237. The van der Waals surface area contributed by atoms with Gasteiger partial charge in [0.1, 0.15) is 0 Å². The molecular formula is C19H24N2O2S. The average Bonchev–Trinajstić information content (AvgIpc) is 2.55. The van der Waals surface area contributed by atoms with E-state index in [-0.39, 0.29) is 12.1 Å². The summed E-state index contributed by atoms with van der Waals surface area (Å²) in [6.45, 7) is 6.55. The summed E-state index contributed by atoms with van der Waals surface area (Å²) in [6, 6.07) is 13.3. The van der Waals surface area contributed by atoms with Crippen molar-refractivity contribution in [2.45, 2.75) is 38.3 Å². The highest BCUT2D eigenvalue weighted by Gasteiger charge is 2.12. The Hall–Kier alpha value is -2.14. The fraction of sp³-hybridized carbons (Fsp3) is 0.316. The van der Waals surface area contributed by atoms with Gasteiger partial charge >= 0.3 is 6.03 Å². The Labute approximate surface area is 146 Å². The van der Waals surface area contributed by atoms with Gasteiger partial charge in [-0.05, 0) is 55.2 Å². The number of benzene rings is 2.